The standard InChI is InChI=1S/C8H11BrN2O/c9-7-6-12-8(10-7)11-4-2-1-3-5-11/h6H,1-5H2. The van der Waals surface area contributed by atoms with Crippen molar-refractivity contribution < 1.29 is 4.42 Å². The minimum absolute atomic E-state index is 0.751. The molecule has 66 valence electrons. The van der Waals surface area contributed by atoms with E-state index in [1.807, 2.05) is 0 Å². The van der Waals surface area contributed by atoms with Gasteiger partial charge in [0.2, 0.25) is 0 Å². The Morgan fingerprint density at radius 2 is 2.08 bits per heavy atom. The molecule has 0 aliphatic carbocycles. The van der Waals surface area contributed by atoms with Gasteiger partial charge in [-0.1, -0.05) is 0 Å². The quantitative estimate of drug-likeness (QED) is 0.743. The summed E-state index contributed by atoms with van der Waals surface area (Å²) in [6.45, 7) is 2.15. The van der Waals surface area contributed by atoms with Crippen LogP contribution in [-0.4, -0.2) is 18.1 Å². The van der Waals surface area contributed by atoms with Crippen molar-refractivity contribution in [3.8, 4) is 0 Å². The predicted molar refractivity (Wildman–Crippen MR) is 50.3 cm³/mol. The summed E-state index contributed by atoms with van der Waals surface area (Å²) in [4.78, 5) is 6.40. The van der Waals surface area contributed by atoms with Crippen molar-refractivity contribution in [3.63, 3.8) is 0 Å². The Bertz CT molecular complexity index is 255. The molecule has 0 radical (unpaired) electrons. The third-order valence-electron chi connectivity index (χ3n) is 2.09. The van der Waals surface area contributed by atoms with Gasteiger partial charge in [-0.15, -0.1) is 0 Å². The van der Waals surface area contributed by atoms with E-state index in [1.54, 1.807) is 6.26 Å². The van der Waals surface area contributed by atoms with E-state index < -0.39 is 0 Å². The monoisotopic (exact) mass is 230 g/mol. The number of aromatic nitrogens is 1. The van der Waals surface area contributed by atoms with E-state index in [0.29, 0.717) is 0 Å². The molecule has 1 aromatic rings. The molecule has 0 spiro atoms. The lowest BCUT2D eigenvalue weighted by atomic mass is 10.1. The number of rotatable bonds is 1. The molecule has 12 heavy (non-hydrogen) atoms. The van der Waals surface area contributed by atoms with Crippen LogP contribution in [0.25, 0.3) is 0 Å². The van der Waals surface area contributed by atoms with E-state index >= 15 is 0 Å². The maximum absolute atomic E-state index is 5.27. The van der Waals surface area contributed by atoms with E-state index in [-0.39, 0.29) is 0 Å². The third-order valence-corrected chi connectivity index (χ3v) is 2.45. The van der Waals surface area contributed by atoms with Crippen molar-refractivity contribution in [2.75, 3.05) is 18.0 Å². The zero-order valence-corrected chi connectivity index (χ0v) is 8.38. The number of piperidine rings is 1. The van der Waals surface area contributed by atoms with Crippen LogP contribution in [0.5, 0.6) is 0 Å². The van der Waals surface area contributed by atoms with Gasteiger partial charge in [-0.05, 0) is 35.2 Å². The maximum Gasteiger partial charge on any atom is 0.298 e. The van der Waals surface area contributed by atoms with E-state index in [2.05, 4.69) is 25.8 Å². The molecule has 1 aliphatic heterocycles. The van der Waals surface area contributed by atoms with Gasteiger partial charge in [0.25, 0.3) is 6.01 Å². The van der Waals surface area contributed by atoms with E-state index in [1.165, 1.54) is 19.3 Å². The summed E-state index contributed by atoms with van der Waals surface area (Å²) in [7, 11) is 0. The van der Waals surface area contributed by atoms with Gasteiger partial charge < -0.3 is 9.32 Å². The fraction of sp³-hybridized carbons (Fsp3) is 0.625. The average molecular weight is 231 g/mol. The molecule has 0 unspecified atom stereocenters. The van der Waals surface area contributed by atoms with Gasteiger partial charge in [0.15, 0.2) is 0 Å². The number of hydrogen-bond donors (Lipinski definition) is 0. The Balaban J connectivity index is 2.08. The van der Waals surface area contributed by atoms with Crippen LogP contribution >= 0.6 is 15.9 Å². The van der Waals surface area contributed by atoms with Gasteiger partial charge in [0.05, 0.1) is 0 Å². The van der Waals surface area contributed by atoms with Crippen LogP contribution in [-0.2, 0) is 0 Å². The molecule has 2 heterocycles. The molecule has 0 amide bonds. The van der Waals surface area contributed by atoms with Gasteiger partial charge >= 0.3 is 0 Å². The Labute approximate surface area is 79.9 Å². The molecule has 3 nitrogen and oxygen atoms in total. The Kier molecular flexibility index (Phi) is 2.35. The topological polar surface area (TPSA) is 29.3 Å². The van der Waals surface area contributed by atoms with Gasteiger partial charge in [-0.25, -0.2) is 0 Å². The highest BCUT2D eigenvalue weighted by Crippen LogP contribution is 2.20. The Hall–Kier alpha value is -0.510. The highest BCUT2D eigenvalue weighted by atomic mass is 79.9. The molecule has 0 aromatic carbocycles. The van der Waals surface area contributed by atoms with Crippen molar-refractivity contribution in [1.29, 1.82) is 0 Å². The van der Waals surface area contributed by atoms with Crippen LogP contribution < -0.4 is 4.90 Å². The zero-order chi connectivity index (χ0) is 8.39. The minimum Gasteiger partial charge on any atom is -0.431 e. The molecule has 1 aromatic heterocycles. The van der Waals surface area contributed by atoms with Crippen LogP contribution in [0.3, 0.4) is 0 Å². The second kappa shape index (κ2) is 3.47. The molecule has 1 fully saturated rings. The normalized spacial score (nSPS) is 18.2. The Morgan fingerprint density at radius 3 is 2.67 bits per heavy atom. The van der Waals surface area contributed by atoms with Crippen molar-refractivity contribution in [2.24, 2.45) is 0 Å². The van der Waals surface area contributed by atoms with Gasteiger partial charge in [0, 0.05) is 13.1 Å². The molecule has 2 rings (SSSR count). The number of oxazole rings is 1. The summed E-state index contributed by atoms with van der Waals surface area (Å²) < 4.78 is 6.05. The molecule has 0 N–H and O–H groups in total. The number of hydrogen-bond acceptors (Lipinski definition) is 3. The van der Waals surface area contributed by atoms with Crippen LogP contribution in [0.15, 0.2) is 15.3 Å². The van der Waals surface area contributed by atoms with Crippen molar-refractivity contribution >= 4 is 21.9 Å². The summed E-state index contributed by atoms with van der Waals surface area (Å²) in [6, 6.07) is 0.751. The summed E-state index contributed by atoms with van der Waals surface area (Å²) >= 11 is 3.27. The minimum atomic E-state index is 0.751. The average Bonchev–Trinajstić information content (AvgIpc) is 2.54. The van der Waals surface area contributed by atoms with Gasteiger partial charge in [-0.3, -0.25) is 0 Å². The lowest BCUT2D eigenvalue weighted by Gasteiger charge is -2.24. The molecular formula is C8H11BrN2O. The molecule has 0 saturated carbocycles. The molecule has 1 saturated heterocycles. The van der Waals surface area contributed by atoms with Crippen LogP contribution in [0.1, 0.15) is 19.3 Å². The Morgan fingerprint density at radius 1 is 1.33 bits per heavy atom. The number of nitrogens with zero attached hydrogens (tertiary/aromatic N) is 2. The second-order valence-electron chi connectivity index (χ2n) is 3.00. The van der Waals surface area contributed by atoms with Crippen LogP contribution in [0.4, 0.5) is 6.01 Å². The lowest BCUT2D eigenvalue weighted by molar-refractivity contribution is 0.491. The smallest absolute Gasteiger partial charge is 0.298 e. The fourth-order valence-corrected chi connectivity index (χ4v) is 1.72. The molecule has 1 aliphatic rings. The second-order valence-corrected chi connectivity index (χ2v) is 3.81. The highest BCUT2D eigenvalue weighted by Gasteiger charge is 2.14. The SMILES string of the molecule is Brc1coc(N2CCCCC2)n1. The fourth-order valence-electron chi connectivity index (χ4n) is 1.48. The molecule has 0 atom stereocenters. The number of anilines is 1. The summed E-state index contributed by atoms with van der Waals surface area (Å²) in [5.41, 5.74) is 0. The maximum atomic E-state index is 5.27. The van der Waals surface area contributed by atoms with E-state index in [9.17, 15) is 0 Å². The molecule has 4 heteroatoms. The van der Waals surface area contributed by atoms with Gasteiger partial charge in [0.1, 0.15) is 10.9 Å². The third kappa shape index (κ3) is 1.63. The first-order valence-corrected chi connectivity index (χ1v) is 5.01. The van der Waals surface area contributed by atoms with Crippen molar-refractivity contribution in [1.82, 2.24) is 4.98 Å². The number of halogens is 1. The van der Waals surface area contributed by atoms with Gasteiger partial charge in [-0.2, -0.15) is 4.98 Å². The zero-order valence-electron chi connectivity index (χ0n) is 6.79. The lowest BCUT2D eigenvalue weighted by Crippen LogP contribution is -2.29. The van der Waals surface area contributed by atoms with Crippen molar-refractivity contribution in [3.05, 3.63) is 10.9 Å². The largest absolute Gasteiger partial charge is 0.431 e. The summed E-state index contributed by atoms with van der Waals surface area (Å²) in [6.07, 6.45) is 5.46. The van der Waals surface area contributed by atoms with Crippen LogP contribution in [0, 0.1) is 0 Å². The first-order valence-electron chi connectivity index (χ1n) is 4.22. The summed E-state index contributed by atoms with van der Waals surface area (Å²) in [5, 5.41) is 0. The first kappa shape index (κ1) is 8.10. The highest BCUT2D eigenvalue weighted by molar-refractivity contribution is 9.10. The first-order chi connectivity index (χ1) is 5.86. The predicted octanol–water partition coefficient (Wildman–Crippen LogP) is 2.43. The molecule has 0 bridgehead atoms. The van der Waals surface area contributed by atoms with Crippen molar-refractivity contribution in [2.45, 2.75) is 19.3 Å². The summed E-state index contributed by atoms with van der Waals surface area (Å²) in [5.74, 6) is 0. The van der Waals surface area contributed by atoms with Crippen LogP contribution in [0.2, 0.25) is 0 Å². The molecular weight excluding hydrogens is 220 g/mol. The van der Waals surface area contributed by atoms with E-state index in [0.717, 1.165) is 23.7 Å². The van der Waals surface area contributed by atoms with E-state index in [4.69, 9.17) is 4.42 Å².